The number of aromatic nitrogens is 2. The van der Waals surface area contributed by atoms with Crippen LogP contribution in [0.4, 0.5) is 5.69 Å². The van der Waals surface area contributed by atoms with Crippen molar-refractivity contribution in [1.29, 1.82) is 0 Å². The van der Waals surface area contributed by atoms with Gasteiger partial charge in [0.2, 0.25) is 0 Å². The van der Waals surface area contributed by atoms with Gasteiger partial charge in [0.25, 0.3) is 11.8 Å². The molecular weight excluding hydrogens is 352 g/mol. The number of nitrogens with zero attached hydrogens (tertiary/aromatic N) is 3. The van der Waals surface area contributed by atoms with E-state index in [1.807, 2.05) is 56.3 Å². The summed E-state index contributed by atoms with van der Waals surface area (Å²) < 4.78 is 0. The van der Waals surface area contributed by atoms with E-state index in [4.69, 9.17) is 0 Å². The van der Waals surface area contributed by atoms with Crippen LogP contribution in [0, 0.1) is 6.92 Å². The summed E-state index contributed by atoms with van der Waals surface area (Å²) in [6, 6.07) is 16.3. The van der Waals surface area contributed by atoms with Gasteiger partial charge in [-0.1, -0.05) is 30.3 Å². The number of hydrogen-bond donors (Lipinski definition) is 1. The lowest BCUT2D eigenvalue weighted by molar-refractivity contribution is 0.0736. The van der Waals surface area contributed by atoms with Crippen LogP contribution in [-0.2, 0) is 0 Å². The Hall–Kier alpha value is -3.54. The van der Waals surface area contributed by atoms with Crippen LogP contribution >= 0.6 is 0 Å². The predicted octanol–water partition coefficient (Wildman–Crippen LogP) is 3.87. The third-order valence-electron chi connectivity index (χ3n) is 4.56. The van der Waals surface area contributed by atoms with E-state index in [2.05, 4.69) is 15.3 Å². The zero-order valence-electron chi connectivity index (χ0n) is 16.1. The molecule has 0 fully saturated rings. The van der Waals surface area contributed by atoms with E-state index in [0.29, 0.717) is 16.9 Å². The maximum atomic E-state index is 12.7. The van der Waals surface area contributed by atoms with Gasteiger partial charge >= 0.3 is 0 Å². The first-order valence-corrected chi connectivity index (χ1v) is 8.98. The molecule has 0 saturated heterocycles. The van der Waals surface area contributed by atoms with Crippen LogP contribution in [0.15, 0.2) is 67.0 Å². The monoisotopic (exact) mass is 374 g/mol. The summed E-state index contributed by atoms with van der Waals surface area (Å²) in [5, 5.41) is 2.89. The van der Waals surface area contributed by atoms with Crippen LogP contribution < -0.4 is 5.32 Å². The van der Waals surface area contributed by atoms with Crippen molar-refractivity contribution in [3.8, 4) is 0 Å². The van der Waals surface area contributed by atoms with E-state index in [0.717, 1.165) is 11.3 Å². The summed E-state index contributed by atoms with van der Waals surface area (Å²) in [5.74, 6) is -0.386. The van der Waals surface area contributed by atoms with Gasteiger partial charge in [-0.2, -0.15) is 0 Å². The highest BCUT2D eigenvalue weighted by Crippen LogP contribution is 2.23. The molecule has 6 nitrogen and oxygen atoms in total. The normalized spacial score (nSPS) is 11.5. The van der Waals surface area contributed by atoms with Crippen LogP contribution in [0.25, 0.3) is 0 Å². The van der Waals surface area contributed by atoms with Crippen molar-refractivity contribution in [3.63, 3.8) is 0 Å². The molecule has 28 heavy (non-hydrogen) atoms. The van der Waals surface area contributed by atoms with E-state index < -0.39 is 0 Å². The molecule has 0 unspecified atom stereocenters. The molecule has 142 valence electrons. The second kappa shape index (κ2) is 8.43. The Morgan fingerprint density at radius 2 is 1.75 bits per heavy atom. The van der Waals surface area contributed by atoms with Crippen LogP contribution in [-0.4, -0.2) is 33.7 Å². The Morgan fingerprint density at radius 3 is 2.43 bits per heavy atom. The van der Waals surface area contributed by atoms with Crippen molar-refractivity contribution in [2.75, 3.05) is 12.4 Å². The van der Waals surface area contributed by atoms with Gasteiger partial charge < -0.3 is 10.2 Å². The fourth-order valence-electron chi connectivity index (χ4n) is 2.75. The molecule has 0 radical (unpaired) electrons. The van der Waals surface area contributed by atoms with Crippen LogP contribution in [0.5, 0.6) is 0 Å². The van der Waals surface area contributed by atoms with Gasteiger partial charge in [-0.3, -0.25) is 14.6 Å². The number of carbonyl (C=O) groups is 2. The van der Waals surface area contributed by atoms with E-state index in [9.17, 15) is 9.59 Å². The van der Waals surface area contributed by atoms with Gasteiger partial charge in [0.05, 0.1) is 17.9 Å². The number of benzene rings is 2. The first kappa shape index (κ1) is 19.2. The SMILES string of the molecule is Cc1cnc(C(=O)N(C)[C@H](C)c2cccc(NC(=O)c3ccccc3)c2)cn1. The van der Waals surface area contributed by atoms with Gasteiger partial charge in [0.15, 0.2) is 0 Å². The van der Waals surface area contributed by atoms with Crippen LogP contribution in [0.3, 0.4) is 0 Å². The smallest absolute Gasteiger partial charge is 0.274 e. The molecule has 0 aliphatic heterocycles. The van der Waals surface area contributed by atoms with Crippen molar-refractivity contribution >= 4 is 17.5 Å². The fraction of sp³-hybridized carbons (Fsp3) is 0.182. The standard InChI is InChI=1S/C22H22N4O2/c1-15-13-24-20(14-23-15)22(28)26(3)16(2)18-10-7-11-19(12-18)25-21(27)17-8-5-4-6-9-17/h4-14,16H,1-3H3,(H,25,27)/t16-/m1/s1. The van der Waals surface area contributed by atoms with Gasteiger partial charge in [0, 0.05) is 24.5 Å². The van der Waals surface area contributed by atoms with Crippen LogP contribution in [0.2, 0.25) is 0 Å². The Labute approximate surface area is 164 Å². The summed E-state index contributed by atoms with van der Waals surface area (Å²) in [6.45, 7) is 3.75. The molecule has 0 aliphatic rings. The number of carbonyl (C=O) groups excluding carboxylic acids is 2. The minimum Gasteiger partial charge on any atom is -0.334 e. The molecule has 1 aromatic heterocycles. The largest absolute Gasteiger partial charge is 0.334 e. The highest BCUT2D eigenvalue weighted by atomic mass is 16.2. The Balaban J connectivity index is 1.74. The molecule has 6 heteroatoms. The van der Waals surface area contributed by atoms with Crippen molar-refractivity contribution in [2.24, 2.45) is 0 Å². The van der Waals surface area contributed by atoms with Gasteiger partial charge in [0.1, 0.15) is 5.69 Å². The maximum absolute atomic E-state index is 12.7. The lowest BCUT2D eigenvalue weighted by atomic mass is 10.1. The molecule has 1 atom stereocenters. The third-order valence-corrected chi connectivity index (χ3v) is 4.56. The number of anilines is 1. The molecule has 0 spiro atoms. The zero-order chi connectivity index (χ0) is 20.1. The summed E-state index contributed by atoms with van der Waals surface area (Å²) in [4.78, 5) is 34.9. The predicted molar refractivity (Wildman–Crippen MR) is 108 cm³/mol. The lowest BCUT2D eigenvalue weighted by Gasteiger charge is -2.25. The molecule has 3 rings (SSSR count). The van der Waals surface area contributed by atoms with Crippen molar-refractivity contribution in [1.82, 2.24) is 14.9 Å². The van der Waals surface area contributed by atoms with E-state index in [1.165, 1.54) is 6.20 Å². The Morgan fingerprint density at radius 1 is 1.00 bits per heavy atom. The van der Waals surface area contributed by atoms with E-state index in [1.54, 1.807) is 30.3 Å². The van der Waals surface area contributed by atoms with Gasteiger partial charge in [-0.05, 0) is 43.7 Å². The second-order valence-corrected chi connectivity index (χ2v) is 6.58. The van der Waals surface area contributed by atoms with Crippen molar-refractivity contribution < 1.29 is 9.59 Å². The van der Waals surface area contributed by atoms with Crippen LogP contribution in [0.1, 0.15) is 45.1 Å². The minimum absolute atomic E-state index is 0.176. The maximum Gasteiger partial charge on any atom is 0.274 e. The van der Waals surface area contributed by atoms with Gasteiger partial charge in [-0.25, -0.2) is 4.98 Å². The average Bonchev–Trinajstić information content (AvgIpc) is 2.73. The average molecular weight is 374 g/mol. The molecule has 2 aromatic carbocycles. The second-order valence-electron chi connectivity index (χ2n) is 6.58. The highest BCUT2D eigenvalue weighted by Gasteiger charge is 2.20. The highest BCUT2D eigenvalue weighted by molar-refractivity contribution is 6.04. The number of rotatable bonds is 5. The molecule has 0 bridgehead atoms. The van der Waals surface area contributed by atoms with E-state index >= 15 is 0 Å². The summed E-state index contributed by atoms with van der Waals surface area (Å²) in [6.07, 6.45) is 3.06. The molecule has 2 amide bonds. The molecule has 1 heterocycles. The Kier molecular flexibility index (Phi) is 5.79. The summed E-state index contributed by atoms with van der Waals surface area (Å²) >= 11 is 0. The summed E-state index contributed by atoms with van der Waals surface area (Å²) in [7, 11) is 1.73. The van der Waals surface area contributed by atoms with Crippen molar-refractivity contribution in [2.45, 2.75) is 19.9 Å². The molecule has 3 aromatic rings. The molecule has 0 saturated carbocycles. The zero-order valence-corrected chi connectivity index (χ0v) is 16.1. The topological polar surface area (TPSA) is 75.2 Å². The Bertz CT molecular complexity index is 971. The molecule has 1 N–H and O–H groups in total. The van der Waals surface area contributed by atoms with Gasteiger partial charge in [-0.15, -0.1) is 0 Å². The first-order chi connectivity index (χ1) is 13.5. The number of nitrogens with one attached hydrogen (secondary N) is 1. The quantitative estimate of drug-likeness (QED) is 0.736. The van der Waals surface area contributed by atoms with E-state index in [-0.39, 0.29) is 17.9 Å². The minimum atomic E-state index is -0.210. The number of aryl methyl sites for hydroxylation is 1. The first-order valence-electron chi connectivity index (χ1n) is 8.98. The molecule has 0 aliphatic carbocycles. The number of hydrogen-bond acceptors (Lipinski definition) is 4. The van der Waals surface area contributed by atoms with Crippen molar-refractivity contribution in [3.05, 3.63) is 89.5 Å². The number of amides is 2. The summed E-state index contributed by atoms with van der Waals surface area (Å²) in [5.41, 5.74) is 3.23. The third kappa shape index (κ3) is 4.40. The lowest BCUT2D eigenvalue weighted by Crippen LogP contribution is -2.30. The fourth-order valence-corrected chi connectivity index (χ4v) is 2.75. The molecular formula is C22H22N4O2.